The summed E-state index contributed by atoms with van der Waals surface area (Å²) in [6.07, 6.45) is 3.05. The van der Waals surface area contributed by atoms with Crippen LogP contribution in [-0.2, 0) is 14.6 Å². The van der Waals surface area contributed by atoms with Gasteiger partial charge in [-0.1, -0.05) is 12.1 Å². The van der Waals surface area contributed by atoms with Gasteiger partial charge in [-0.25, -0.2) is 13.1 Å². The molecule has 2 aromatic rings. The average Bonchev–Trinajstić information content (AvgIpc) is 3.06. The van der Waals surface area contributed by atoms with Crippen LogP contribution in [0.5, 0.6) is 0 Å². The number of aromatic nitrogens is 3. The Morgan fingerprint density at radius 1 is 1.48 bits per heavy atom. The molecule has 21 heavy (non-hydrogen) atoms. The molecule has 1 amide bonds. The van der Waals surface area contributed by atoms with Gasteiger partial charge in [-0.05, 0) is 19.9 Å². The Hall–Kier alpha value is -2.16. The fourth-order valence-corrected chi connectivity index (χ4v) is 2.47. The lowest BCUT2D eigenvalue weighted by Gasteiger charge is -2.04. The number of carbonyl (C=O) groups is 1. The zero-order valence-corrected chi connectivity index (χ0v) is 12.7. The maximum Gasteiger partial charge on any atom is 0.225 e. The van der Waals surface area contributed by atoms with Crippen molar-refractivity contribution in [2.45, 2.75) is 37.5 Å². The molecular formula is C12H16N4O4S. The first kappa shape index (κ1) is 15.2. The van der Waals surface area contributed by atoms with E-state index in [1.54, 1.807) is 20.8 Å². The van der Waals surface area contributed by atoms with Crippen molar-refractivity contribution in [1.29, 1.82) is 0 Å². The number of hydrogen-bond acceptors (Lipinski definition) is 6. The monoisotopic (exact) mass is 312 g/mol. The van der Waals surface area contributed by atoms with Gasteiger partial charge in [0.25, 0.3) is 0 Å². The molecule has 0 radical (unpaired) electrons. The zero-order chi connectivity index (χ0) is 15.6. The van der Waals surface area contributed by atoms with Crippen molar-refractivity contribution in [3.8, 4) is 5.69 Å². The van der Waals surface area contributed by atoms with Gasteiger partial charge in [0.05, 0.1) is 5.25 Å². The van der Waals surface area contributed by atoms with Crippen molar-refractivity contribution in [2.24, 2.45) is 0 Å². The van der Waals surface area contributed by atoms with E-state index < -0.39 is 15.1 Å². The average molecular weight is 312 g/mol. The van der Waals surface area contributed by atoms with E-state index in [-0.39, 0.29) is 16.8 Å². The summed E-state index contributed by atoms with van der Waals surface area (Å²) in [4.78, 5) is 11.4. The third kappa shape index (κ3) is 2.97. The molecule has 0 fully saturated rings. The largest absolute Gasteiger partial charge is 0.360 e. The number of anilines is 1. The van der Waals surface area contributed by atoms with Crippen LogP contribution in [0.15, 0.2) is 28.1 Å². The Kier molecular flexibility index (Phi) is 4.12. The van der Waals surface area contributed by atoms with Crippen molar-refractivity contribution < 1.29 is 17.7 Å². The summed E-state index contributed by atoms with van der Waals surface area (Å²) >= 11 is 0. The van der Waals surface area contributed by atoms with Gasteiger partial charge in [0.15, 0.2) is 21.1 Å². The van der Waals surface area contributed by atoms with E-state index in [1.165, 1.54) is 23.2 Å². The van der Waals surface area contributed by atoms with Crippen molar-refractivity contribution in [1.82, 2.24) is 14.9 Å². The molecule has 0 aliphatic carbocycles. The third-order valence-electron chi connectivity index (χ3n) is 2.85. The fourth-order valence-electron chi connectivity index (χ4n) is 1.54. The van der Waals surface area contributed by atoms with E-state index in [0.717, 1.165) is 0 Å². The SMILES string of the molecule is CCC(=O)Nc1nocc1-n1ccc(S(=O)(=O)C(C)C)n1. The molecule has 0 spiro atoms. The van der Waals surface area contributed by atoms with Crippen LogP contribution in [0.2, 0.25) is 0 Å². The minimum atomic E-state index is -3.46. The van der Waals surface area contributed by atoms with E-state index in [2.05, 4.69) is 15.6 Å². The van der Waals surface area contributed by atoms with Crippen molar-refractivity contribution in [3.05, 3.63) is 18.5 Å². The number of amides is 1. The highest BCUT2D eigenvalue weighted by Gasteiger charge is 2.23. The van der Waals surface area contributed by atoms with Crippen molar-refractivity contribution >= 4 is 21.6 Å². The molecule has 0 aromatic carbocycles. The summed E-state index contributed by atoms with van der Waals surface area (Å²) < 4.78 is 30.2. The van der Waals surface area contributed by atoms with E-state index in [9.17, 15) is 13.2 Å². The highest BCUT2D eigenvalue weighted by molar-refractivity contribution is 7.91. The predicted molar refractivity (Wildman–Crippen MR) is 74.9 cm³/mol. The first-order valence-electron chi connectivity index (χ1n) is 6.40. The summed E-state index contributed by atoms with van der Waals surface area (Å²) in [6, 6.07) is 1.40. The van der Waals surface area contributed by atoms with Crippen molar-refractivity contribution in [2.75, 3.05) is 5.32 Å². The molecule has 2 rings (SSSR count). The number of nitrogens with zero attached hydrogens (tertiary/aromatic N) is 3. The van der Waals surface area contributed by atoms with Gasteiger partial charge in [0.1, 0.15) is 5.69 Å². The number of sulfone groups is 1. The lowest BCUT2D eigenvalue weighted by atomic mass is 10.4. The molecule has 0 bridgehead atoms. The van der Waals surface area contributed by atoms with Gasteiger partial charge in [0, 0.05) is 12.6 Å². The van der Waals surface area contributed by atoms with Crippen LogP contribution in [0.3, 0.4) is 0 Å². The highest BCUT2D eigenvalue weighted by atomic mass is 32.2. The first-order chi connectivity index (χ1) is 9.86. The minimum absolute atomic E-state index is 0.0357. The Morgan fingerprint density at radius 2 is 2.19 bits per heavy atom. The minimum Gasteiger partial charge on any atom is -0.360 e. The summed E-state index contributed by atoms with van der Waals surface area (Å²) in [5, 5.41) is 9.64. The molecule has 0 saturated heterocycles. The highest BCUT2D eigenvalue weighted by Crippen LogP contribution is 2.20. The summed E-state index contributed by atoms with van der Waals surface area (Å²) in [6.45, 7) is 4.87. The predicted octanol–water partition coefficient (Wildman–Crippen LogP) is 1.39. The third-order valence-corrected chi connectivity index (χ3v) is 4.90. The van der Waals surface area contributed by atoms with Gasteiger partial charge in [0.2, 0.25) is 11.7 Å². The van der Waals surface area contributed by atoms with Crippen LogP contribution in [0.25, 0.3) is 5.69 Å². The summed E-state index contributed by atoms with van der Waals surface area (Å²) in [5.41, 5.74) is 0.363. The van der Waals surface area contributed by atoms with Crippen LogP contribution in [-0.4, -0.2) is 34.5 Å². The van der Waals surface area contributed by atoms with Gasteiger partial charge in [-0.3, -0.25) is 4.79 Å². The molecule has 8 nitrogen and oxygen atoms in total. The second-order valence-corrected chi connectivity index (χ2v) is 7.09. The molecule has 0 aliphatic heterocycles. The Bertz CT molecular complexity index is 745. The molecule has 2 heterocycles. The number of rotatable bonds is 5. The van der Waals surface area contributed by atoms with Crippen molar-refractivity contribution in [3.63, 3.8) is 0 Å². The van der Waals surface area contributed by atoms with Crippen LogP contribution in [0, 0.1) is 0 Å². The lowest BCUT2D eigenvalue weighted by Crippen LogP contribution is -2.15. The summed E-state index contributed by atoms with van der Waals surface area (Å²) in [5.74, 6) is -0.0363. The Labute approximate surface area is 122 Å². The number of carbonyl (C=O) groups excluding carboxylic acids is 1. The van der Waals surface area contributed by atoms with E-state index in [4.69, 9.17) is 4.52 Å². The van der Waals surface area contributed by atoms with Gasteiger partial charge in [-0.2, -0.15) is 5.10 Å². The summed E-state index contributed by atoms with van der Waals surface area (Å²) in [7, 11) is -3.46. The maximum atomic E-state index is 12.0. The molecule has 9 heteroatoms. The molecule has 0 saturated carbocycles. The number of nitrogens with one attached hydrogen (secondary N) is 1. The second-order valence-electron chi connectivity index (χ2n) is 4.64. The molecule has 0 atom stereocenters. The zero-order valence-electron chi connectivity index (χ0n) is 11.9. The molecule has 0 aliphatic rings. The van der Waals surface area contributed by atoms with E-state index in [0.29, 0.717) is 12.1 Å². The maximum absolute atomic E-state index is 12.0. The Balaban J connectivity index is 2.35. The van der Waals surface area contributed by atoms with E-state index >= 15 is 0 Å². The van der Waals surface area contributed by atoms with Gasteiger partial charge < -0.3 is 9.84 Å². The molecular weight excluding hydrogens is 296 g/mol. The van der Waals surface area contributed by atoms with Gasteiger partial charge in [-0.15, -0.1) is 0 Å². The van der Waals surface area contributed by atoms with Gasteiger partial charge >= 0.3 is 0 Å². The smallest absolute Gasteiger partial charge is 0.225 e. The molecule has 2 aromatic heterocycles. The topological polar surface area (TPSA) is 107 Å². The molecule has 0 unspecified atom stereocenters. The second kappa shape index (κ2) is 5.68. The fraction of sp³-hybridized carbons (Fsp3) is 0.417. The molecule has 1 N–H and O–H groups in total. The quantitative estimate of drug-likeness (QED) is 0.894. The van der Waals surface area contributed by atoms with Crippen LogP contribution in [0.1, 0.15) is 27.2 Å². The Morgan fingerprint density at radius 3 is 2.81 bits per heavy atom. The lowest BCUT2D eigenvalue weighted by molar-refractivity contribution is -0.115. The van der Waals surface area contributed by atoms with Crippen LogP contribution in [0.4, 0.5) is 5.82 Å². The van der Waals surface area contributed by atoms with Crippen LogP contribution >= 0.6 is 0 Å². The first-order valence-corrected chi connectivity index (χ1v) is 7.95. The van der Waals surface area contributed by atoms with Crippen LogP contribution < -0.4 is 5.32 Å². The standard InChI is InChI=1S/C12H16N4O4S/c1-4-10(17)13-12-9(7-20-15-12)16-6-5-11(14-16)21(18,19)8(2)3/h5-8H,4H2,1-3H3,(H,13,15,17). The van der Waals surface area contributed by atoms with E-state index in [1.807, 2.05) is 0 Å². The molecule has 114 valence electrons. The normalized spacial score (nSPS) is 11.8. The number of hydrogen-bond donors (Lipinski definition) is 1.